The average Bonchev–Trinajstić information content (AvgIpc) is 2.46. The van der Waals surface area contributed by atoms with E-state index < -0.39 is 17.7 Å². The monoisotopic (exact) mass is 278 g/mol. The number of hydrogen-bond donors (Lipinski definition) is 2. The zero-order chi connectivity index (χ0) is 14.5. The van der Waals surface area contributed by atoms with Gasteiger partial charge in [0.1, 0.15) is 17.4 Å². The number of halogens is 2. The topological polar surface area (TPSA) is 47.3 Å². The molecule has 0 saturated carbocycles. The average molecular weight is 278 g/mol. The summed E-state index contributed by atoms with van der Waals surface area (Å²) in [5.74, 6) is -0.514. The maximum atomic E-state index is 13.8. The number of benzene rings is 2. The molecule has 5 heteroatoms. The summed E-state index contributed by atoms with van der Waals surface area (Å²) in [7, 11) is 1.57. The standard InChI is InChI=1S/C15H16F2N2O/c1-20-11-7-5-10(6-8-11)19-14(9-18)15-12(16)3-2-4-13(15)17/h2-8,14,19H,9,18H2,1H3. The van der Waals surface area contributed by atoms with Crippen molar-refractivity contribution in [3.05, 3.63) is 59.7 Å². The van der Waals surface area contributed by atoms with Gasteiger partial charge in [-0.25, -0.2) is 8.78 Å². The second-order valence-corrected chi connectivity index (χ2v) is 4.30. The van der Waals surface area contributed by atoms with Gasteiger partial charge in [0.2, 0.25) is 0 Å². The highest BCUT2D eigenvalue weighted by atomic mass is 19.1. The van der Waals surface area contributed by atoms with Crippen LogP contribution in [0.2, 0.25) is 0 Å². The first-order chi connectivity index (χ1) is 9.65. The lowest BCUT2D eigenvalue weighted by atomic mass is 10.1. The van der Waals surface area contributed by atoms with E-state index in [1.807, 2.05) is 0 Å². The first-order valence-corrected chi connectivity index (χ1v) is 6.20. The Hall–Kier alpha value is -2.14. The quantitative estimate of drug-likeness (QED) is 0.883. The summed E-state index contributed by atoms with van der Waals surface area (Å²) in [6.07, 6.45) is 0. The molecular formula is C15H16F2N2O. The van der Waals surface area contributed by atoms with Gasteiger partial charge in [-0.05, 0) is 36.4 Å². The molecule has 106 valence electrons. The Bertz CT molecular complexity index is 552. The van der Waals surface area contributed by atoms with Gasteiger partial charge in [0, 0.05) is 17.8 Å². The molecule has 0 aromatic heterocycles. The predicted octanol–water partition coefficient (Wildman–Crippen LogP) is 3.09. The molecule has 0 aliphatic carbocycles. The summed E-state index contributed by atoms with van der Waals surface area (Å²) in [6.45, 7) is 0.0733. The van der Waals surface area contributed by atoms with Gasteiger partial charge in [-0.2, -0.15) is 0 Å². The van der Waals surface area contributed by atoms with Crippen molar-refractivity contribution < 1.29 is 13.5 Å². The third kappa shape index (κ3) is 3.05. The zero-order valence-electron chi connectivity index (χ0n) is 11.1. The number of nitrogens with two attached hydrogens (primary N) is 1. The first kappa shape index (κ1) is 14.3. The minimum atomic E-state index is -0.635. The first-order valence-electron chi connectivity index (χ1n) is 6.20. The lowest BCUT2D eigenvalue weighted by Gasteiger charge is -2.20. The SMILES string of the molecule is COc1ccc(NC(CN)c2c(F)cccc2F)cc1. The summed E-state index contributed by atoms with van der Waals surface area (Å²) in [5, 5.41) is 3.02. The molecule has 2 aromatic carbocycles. The number of hydrogen-bond acceptors (Lipinski definition) is 3. The Morgan fingerprint density at radius 1 is 1.10 bits per heavy atom. The van der Waals surface area contributed by atoms with Crippen LogP contribution in [0.3, 0.4) is 0 Å². The molecule has 0 spiro atoms. The van der Waals surface area contributed by atoms with Crippen LogP contribution in [-0.4, -0.2) is 13.7 Å². The van der Waals surface area contributed by atoms with E-state index in [0.717, 1.165) is 0 Å². The molecule has 0 aliphatic heterocycles. The van der Waals surface area contributed by atoms with Crippen molar-refractivity contribution >= 4 is 5.69 Å². The van der Waals surface area contributed by atoms with Gasteiger partial charge in [0.05, 0.1) is 13.2 Å². The molecule has 0 aliphatic rings. The lowest BCUT2D eigenvalue weighted by molar-refractivity contribution is 0.415. The van der Waals surface area contributed by atoms with E-state index in [2.05, 4.69) is 5.32 Å². The van der Waals surface area contributed by atoms with Crippen molar-refractivity contribution in [2.24, 2.45) is 5.73 Å². The second kappa shape index (κ2) is 6.34. The fourth-order valence-electron chi connectivity index (χ4n) is 1.98. The van der Waals surface area contributed by atoms with Gasteiger partial charge in [-0.15, -0.1) is 0 Å². The molecule has 0 saturated heterocycles. The van der Waals surface area contributed by atoms with Crippen LogP contribution in [0.5, 0.6) is 5.75 Å². The highest BCUT2D eigenvalue weighted by Crippen LogP contribution is 2.25. The van der Waals surface area contributed by atoms with Crippen molar-refractivity contribution in [2.75, 3.05) is 19.0 Å². The highest BCUT2D eigenvalue weighted by molar-refractivity contribution is 5.48. The summed E-state index contributed by atoms with van der Waals surface area (Å²) < 4.78 is 32.6. The largest absolute Gasteiger partial charge is 0.497 e. The van der Waals surface area contributed by atoms with Crippen molar-refractivity contribution in [3.8, 4) is 5.75 Å². The van der Waals surface area contributed by atoms with Gasteiger partial charge < -0.3 is 15.8 Å². The summed E-state index contributed by atoms with van der Waals surface area (Å²) in [6, 6.07) is 10.2. The normalized spacial score (nSPS) is 12.0. The van der Waals surface area contributed by atoms with E-state index in [1.165, 1.54) is 18.2 Å². The van der Waals surface area contributed by atoms with Crippen LogP contribution in [0.4, 0.5) is 14.5 Å². The number of rotatable bonds is 5. The molecule has 0 amide bonds. The minimum absolute atomic E-state index is 0.0502. The molecule has 0 bridgehead atoms. The van der Waals surface area contributed by atoms with Crippen molar-refractivity contribution in [1.82, 2.24) is 0 Å². The molecule has 1 unspecified atom stereocenters. The second-order valence-electron chi connectivity index (χ2n) is 4.30. The molecule has 3 N–H and O–H groups in total. The van der Waals surface area contributed by atoms with E-state index in [1.54, 1.807) is 31.4 Å². The number of anilines is 1. The van der Waals surface area contributed by atoms with Crippen molar-refractivity contribution in [3.63, 3.8) is 0 Å². The summed E-state index contributed by atoms with van der Waals surface area (Å²) in [4.78, 5) is 0. The third-order valence-corrected chi connectivity index (χ3v) is 3.01. The van der Waals surface area contributed by atoms with E-state index in [0.29, 0.717) is 11.4 Å². The van der Waals surface area contributed by atoms with Crippen LogP contribution in [0, 0.1) is 11.6 Å². The maximum Gasteiger partial charge on any atom is 0.131 e. The van der Waals surface area contributed by atoms with Gasteiger partial charge in [-0.1, -0.05) is 6.07 Å². The lowest BCUT2D eigenvalue weighted by Crippen LogP contribution is -2.23. The van der Waals surface area contributed by atoms with Crippen LogP contribution in [0.1, 0.15) is 11.6 Å². The molecular weight excluding hydrogens is 262 g/mol. The molecule has 0 fully saturated rings. The van der Waals surface area contributed by atoms with Gasteiger partial charge >= 0.3 is 0 Å². The van der Waals surface area contributed by atoms with Gasteiger partial charge in [-0.3, -0.25) is 0 Å². The van der Waals surface area contributed by atoms with Gasteiger partial charge in [0.15, 0.2) is 0 Å². The molecule has 0 heterocycles. The Labute approximate surface area is 116 Å². The van der Waals surface area contributed by atoms with Crippen LogP contribution in [0.25, 0.3) is 0 Å². The fourth-order valence-corrected chi connectivity index (χ4v) is 1.98. The Morgan fingerprint density at radius 3 is 2.20 bits per heavy atom. The Kier molecular flexibility index (Phi) is 4.53. The summed E-state index contributed by atoms with van der Waals surface area (Å²) >= 11 is 0. The van der Waals surface area contributed by atoms with E-state index in [4.69, 9.17) is 10.5 Å². The van der Waals surface area contributed by atoms with Crippen molar-refractivity contribution in [1.29, 1.82) is 0 Å². The molecule has 20 heavy (non-hydrogen) atoms. The number of ether oxygens (including phenoxy) is 1. The summed E-state index contributed by atoms with van der Waals surface area (Å²) in [5.41, 5.74) is 6.29. The number of methoxy groups -OCH3 is 1. The molecule has 3 nitrogen and oxygen atoms in total. The Balaban J connectivity index is 2.24. The minimum Gasteiger partial charge on any atom is -0.497 e. The van der Waals surface area contributed by atoms with Gasteiger partial charge in [0.25, 0.3) is 0 Å². The van der Waals surface area contributed by atoms with Crippen molar-refractivity contribution in [2.45, 2.75) is 6.04 Å². The fraction of sp³-hybridized carbons (Fsp3) is 0.200. The zero-order valence-corrected chi connectivity index (χ0v) is 11.1. The Morgan fingerprint density at radius 2 is 1.70 bits per heavy atom. The van der Waals surface area contributed by atoms with E-state index in [-0.39, 0.29) is 12.1 Å². The third-order valence-electron chi connectivity index (χ3n) is 3.01. The molecule has 2 aromatic rings. The van der Waals surface area contributed by atoms with Crippen LogP contribution >= 0.6 is 0 Å². The number of nitrogens with one attached hydrogen (secondary N) is 1. The van der Waals surface area contributed by atoms with Crippen LogP contribution in [-0.2, 0) is 0 Å². The van der Waals surface area contributed by atoms with Crippen LogP contribution in [0.15, 0.2) is 42.5 Å². The molecule has 1 atom stereocenters. The van der Waals surface area contributed by atoms with E-state index >= 15 is 0 Å². The molecule has 0 radical (unpaired) electrons. The predicted molar refractivity (Wildman–Crippen MR) is 74.8 cm³/mol. The smallest absolute Gasteiger partial charge is 0.131 e. The maximum absolute atomic E-state index is 13.8. The molecule has 2 rings (SSSR count). The van der Waals surface area contributed by atoms with E-state index in [9.17, 15) is 8.78 Å². The highest BCUT2D eigenvalue weighted by Gasteiger charge is 2.18. The van der Waals surface area contributed by atoms with Crippen LogP contribution < -0.4 is 15.8 Å².